The van der Waals surface area contributed by atoms with Crippen LogP contribution in [0.4, 0.5) is 0 Å². The molecular formula is C18H22O3. The minimum atomic E-state index is -1.00. The van der Waals surface area contributed by atoms with Gasteiger partial charge >= 0.3 is 0 Å². The highest BCUT2D eigenvalue weighted by Gasteiger charge is 2.39. The summed E-state index contributed by atoms with van der Waals surface area (Å²) < 4.78 is 0. The summed E-state index contributed by atoms with van der Waals surface area (Å²) in [4.78, 5) is 36.2. The number of aryl methyl sites for hydroxylation is 2. The molecule has 1 aromatic rings. The molecule has 1 aromatic carbocycles. The summed E-state index contributed by atoms with van der Waals surface area (Å²) in [6, 6.07) is 4.17. The average Bonchev–Trinajstić information content (AvgIpc) is 2.41. The molecule has 0 amide bonds. The summed E-state index contributed by atoms with van der Waals surface area (Å²) >= 11 is 0. The lowest BCUT2D eigenvalue weighted by atomic mass is 9.73. The zero-order valence-electron chi connectivity index (χ0n) is 13.2. The Hall–Kier alpha value is -1.77. The van der Waals surface area contributed by atoms with E-state index < -0.39 is 5.92 Å². The van der Waals surface area contributed by atoms with Gasteiger partial charge in [0.05, 0.1) is 0 Å². The second-order valence-electron chi connectivity index (χ2n) is 6.09. The predicted molar refractivity (Wildman–Crippen MR) is 81.4 cm³/mol. The lowest BCUT2D eigenvalue weighted by Gasteiger charge is -2.27. The molecule has 0 unspecified atom stereocenters. The number of ketones is 3. The van der Waals surface area contributed by atoms with Crippen molar-refractivity contribution >= 4 is 17.3 Å². The normalized spacial score (nSPS) is 22.5. The second-order valence-corrected chi connectivity index (χ2v) is 6.09. The van der Waals surface area contributed by atoms with Crippen LogP contribution >= 0.6 is 0 Å². The SMILES string of the molecule is CCC(=O)C1C(=O)CC(c2cc(C)cc(C)c2C)CC1=O. The fraction of sp³-hybridized carbons (Fsp3) is 0.500. The van der Waals surface area contributed by atoms with Crippen molar-refractivity contribution in [2.24, 2.45) is 5.92 Å². The first kappa shape index (κ1) is 15.6. The van der Waals surface area contributed by atoms with Gasteiger partial charge in [0.25, 0.3) is 0 Å². The minimum absolute atomic E-state index is 0.0792. The van der Waals surface area contributed by atoms with Gasteiger partial charge in [-0.25, -0.2) is 0 Å². The maximum atomic E-state index is 12.2. The third kappa shape index (κ3) is 2.97. The van der Waals surface area contributed by atoms with Gasteiger partial charge in [0, 0.05) is 19.3 Å². The molecule has 0 saturated heterocycles. The van der Waals surface area contributed by atoms with Gasteiger partial charge in [0.1, 0.15) is 5.92 Å². The monoisotopic (exact) mass is 286 g/mol. The highest BCUT2D eigenvalue weighted by molar-refractivity contribution is 6.20. The smallest absolute Gasteiger partial charge is 0.151 e. The van der Waals surface area contributed by atoms with Crippen LogP contribution in [0.15, 0.2) is 12.1 Å². The summed E-state index contributed by atoms with van der Waals surface area (Å²) in [7, 11) is 0. The Kier molecular flexibility index (Phi) is 4.40. The van der Waals surface area contributed by atoms with Crippen LogP contribution in [0.2, 0.25) is 0 Å². The summed E-state index contributed by atoms with van der Waals surface area (Å²) in [6.45, 7) is 7.79. The first-order valence-corrected chi connectivity index (χ1v) is 7.51. The van der Waals surface area contributed by atoms with Gasteiger partial charge in [-0.15, -0.1) is 0 Å². The number of carbonyl (C=O) groups excluding carboxylic acids is 3. The Morgan fingerprint density at radius 1 is 1.10 bits per heavy atom. The van der Waals surface area contributed by atoms with E-state index in [1.807, 2.05) is 20.8 Å². The third-order valence-corrected chi connectivity index (χ3v) is 4.50. The summed E-state index contributed by atoms with van der Waals surface area (Å²) in [5.74, 6) is -1.73. The first-order chi connectivity index (χ1) is 9.85. The molecule has 0 N–H and O–H groups in total. The molecule has 1 aliphatic rings. The lowest BCUT2D eigenvalue weighted by Crippen LogP contribution is -2.38. The number of benzene rings is 1. The van der Waals surface area contributed by atoms with Gasteiger partial charge in [0.15, 0.2) is 17.3 Å². The Morgan fingerprint density at radius 2 is 1.67 bits per heavy atom. The Bertz CT molecular complexity index is 595. The zero-order valence-corrected chi connectivity index (χ0v) is 13.2. The number of rotatable bonds is 3. The van der Waals surface area contributed by atoms with Crippen LogP contribution in [0.3, 0.4) is 0 Å². The highest BCUT2D eigenvalue weighted by Crippen LogP contribution is 2.35. The van der Waals surface area contributed by atoms with Crippen molar-refractivity contribution in [1.82, 2.24) is 0 Å². The first-order valence-electron chi connectivity index (χ1n) is 7.51. The maximum Gasteiger partial charge on any atom is 0.151 e. The predicted octanol–water partition coefficient (Wildman–Crippen LogP) is 3.22. The molecule has 0 aliphatic heterocycles. The van der Waals surface area contributed by atoms with E-state index in [1.165, 1.54) is 5.56 Å². The van der Waals surface area contributed by atoms with Crippen molar-refractivity contribution in [2.45, 2.75) is 52.9 Å². The standard InChI is InChI=1S/C18H22O3/c1-5-15(19)18-16(20)8-13(9-17(18)21)14-7-10(2)6-11(3)12(14)4/h6-7,13,18H,5,8-9H2,1-4H3. The Morgan fingerprint density at radius 3 is 2.19 bits per heavy atom. The van der Waals surface area contributed by atoms with Crippen molar-refractivity contribution in [2.75, 3.05) is 0 Å². The van der Waals surface area contributed by atoms with Gasteiger partial charge in [-0.05, 0) is 43.4 Å². The van der Waals surface area contributed by atoms with E-state index in [0.717, 1.165) is 16.7 Å². The molecule has 0 heterocycles. The van der Waals surface area contributed by atoms with E-state index in [0.29, 0.717) is 12.8 Å². The van der Waals surface area contributed by atoms with Gasteiger partial charge in [-0.2, -0.15) is 0 Å². The molecule has 0 bridgehead atoms. The van der Waals surface area contributed by atoms with Crippen molar-refractivity contribution < 1.29 is 14.4 Å². The van der Waals surface area contributed by atoms with E-state index in [4.69, 9.17) is 0 Å². The van der Waals surface area contributed by atoms with E-state index >= 15 is 0 Å². The molecule has 0 spiro atoms. The van der Waals surface area contributed by atoms with E-state index in [9.17, 15) is 14.4 Å². The molecule has 1 fully saturated rings. The molecule has 112 valence electrons. The average molecular weight is 286 g/mol. The van der Waals surface area contributed by atoms with Gasteiger partial charge < -0.3 is 0 Å². The lowest BCUT2D eigenvalue weighted by molar-refractivity contribution is -0.142. The summed E-state index contributed by atoms with van der Waals surface area (Å²) in [5, 5.41) is 0. The van der Waals surface area contributed by atoms with E-state index in [-0.39, 0.29) is 29.7 Å². The molecule has 0 atom stereocenters. The molecule has 2 rings (SSSR count). The van der Waals surface area contributed by atoms with Crippen LogP contribution in [0.1, 0.15) is 54.4 Å². The third-order valence-electron chi connectivity index (χ3n) is 4.50. The van der Waals surface area contributed by atoms with Crippen molar-refractivity contribution in [3.05, 3.63) is 34.4 Å². The molecule has 1 saturated carbocycles. The van der Waals surface area contributed by atoms with Crippen LogP contribution in [0, 0.1) is 26.7 Å². The van der Waals surface area contributed by atoms with Gasteiger partial charge in [0.2, 0.25) is 0 Å². The molecule has 21 heavy (non-hydrogen) atoms. The maximum absolute atomic E-state index is 12.2. The van der Waals surface area contributed by atoms with E-state index in [1.54, 1.807) is 6.92 Å². The van der Waals surface area contributed by atoms with E-state index in [2.05, 4.69) is 12.1 Å². The van der Waals surface area contributed by atoms with Crippen molar-refractivity contribution in [3.8, 4) is 0 Å². The molecule has 3 heteroatoms. The quantitative estimate of drug-likeness (QED) is 0.802. The number of hydrogen-bond acceptors (Lipinski definition) is 3. The molecular weight excluding hydrogens is 264 g/mol. The molecule has 0 radical (unpaired) electrons. The van der Waals surface area contributed by atoms with Gasteiger partial charge in [-0.3, -0.25) is 14.4 Å². The fourth-order valence-corrected chi connectivity index (χ4v) is 3.25. The zero-order chi connectivity index (χ0) is 15.7. The molecule has 1 aliphatic carbocycles. The van der Waals surface area contributed by atoms with Crippen molar-refractivity contribution in [3.63, 3.8) is 0 Å². The van der Waals surface area contributed by atoms with Crippen LogP contribution in [0.25, 0.3) is 0 Å². The number of Topliss-reactive ketones (excluding diaryl/α,β-unsaturated/α-hetero) is 3. The minimum Gasteiger partial charge on any atom is -0.298 e. The fourth-order valence-electron chi connectivity index (χ4n) is 3.25. The summed E-state index contributed by atoms with van der Waals surface area (Å²) in [6.07, 6.45) is 0.840. The molecule has 0 aromatic heterocycles. The van der Waals surface area contributed by atoms with Crippen LogP contribution in [-0.2, 0) is 14.4 Å². The number of carbonyl (C=O) groups is 3. The second kappa shape index (κ2) is 5.92. The van der Waals surface area contributed by atoms with Gasteiger partial charge in [-0.1, -0.05) is 24.6 Å². The largest absolute Gasteiger partial charge is 0.298 e. The van der Waals surface area contributed by atoms with Crippen LogP contribution in [-0.4, -0.2) is 17.3 Å². The highest BCUT2D eigenvalue weighted by atomic mass is 16.2. The Balaban J connectivity index is 2.32. The summed E-state index contributed by atoms with van der Waals surface area (Å²) in [5.41, 5.74) is 4.54. The molecule has 3 nitrogen and oxygen atoms in total. The van der Waals surface area contributed by atoms with Crippen molar-refractivity contribution in [1.29, 1.82) is 0 Å². The van der Waals surface area contributed by atoms with Crippen LogP contribution < -0.4 is 0 Å². The Labute approximate surface area is 125 Å². The number of hydrogen-bond donors (Lipinski definition) is 0. The van der Waals surface area contributed by atoms with Crippen LogP contribution in [0.5, 0.6) is 0 Å². The topological polar surface area (TPSA) is 51.2 Å².